The number of ether oxygens (including phenoxy) is 1. The molecule has 1 atom stereocenters. The number of hydrogen-bond acceptors (Lipinski definition) is 5. The van der Waals surface area contributed by atoms with Crippen LogP contribution in [0, 0.1) is 5.82 Å². The third-order valence-corrected chi connectivity index (χ3v) is 3.44. The lowest BCUT2D eigenvalue weighted by atomic mass is 10.1. The predicted octanol–water partition coefficient (Wildman–Crippen LogP) is 1.63. The Bertz CT molecular complexity index is 594. The summed E-state index contributed by atoms with van der Waals surface area (Å²) in [6.45, 7) is 1.38. The minimum Gasteiger partial charge on any atom is -0.396 e. The van der Waals surface area contributed by atoms with E-state index in [-0.39, 0.29) is 11.8 Å². The van der Waals surface area contributed by atoms with E-state index in [1.807, 2.05) is 0 Å². The molecule has 106 valence electrons. The number of hydrogen-bond donors (Lipinski definition) is 1. The molecule has 1 aliphatic heterocycles. The summed E-state index contributed by atoms with van der Waals surface area (Å²) in [5, 5.41) is 11.7. The second kappa shape index (κ2) is 5.54. The summed E-state index contributed by atoms with van der Waals surface area (Å²) in [5.74, 6) is 0.134. The van der Waals surface area contributed by atoms with E-state index in [1.165, 1.54) is 6.07 Å². The maximum absolute atomic E-state index is 13.2. The van der Waals surface area contributed by atoms with Gasteiger partial charge in [-0.1, -0.05) is 0 Å². The van der Waals surface area contributed by atoms with Crippen molar-refractivity contribution in [3.63, 3.8) is 0 Å². The highest BCUT2D eigenvalue weighted by molar-refractivity contribution is 5.61. The fourth-order valence-corrected chi connectivity index (χ4v) is 2.36. The first kappa shape index (κ1) is 13.0. The van der Waals surface area contributed by atoms with Crippen LogP contribution in [0.15, 0.2) is 18.2 Å². The maximum Gasteiger partial charge on any atom is 0.182 e. The minimum absolute atomic E-state index is 0.0889. The second-order valence-electron chi connectivity index (χ2n) is 4.91. The van der Waals surface area contributed by atoms with Gasteiger partial charge < -0.3 is 10.5 Å². The first-order valence-corrected chi connectivity index (χ1v) is 6.67. The Morgan fingerprint density at radius 1 is 1.40 bits per heavy atom. The van der Waals surface area contributed by atoms with Crippen LogP contribution in [-0.4, -0.2) is 32.9 Å². The number of tetrazole rings is 1. The molecule has 3 rings (SSSR count). The number of benzene rings is 1. The molecule has 0 amide bonds. The van der Waals surface area contributed by atoms with Crippen molar-refractivity contribution < 1.29 is 9.13 Å². The van der Waals surface area contributed by atoms with E-state index >= 15 is 0 Å². The largest absolute Gasteiger partial charge is 0.396 e. The molecule has 0 bridgehead atoms. The number of anilines is 1. The Labute approximate surface area is 115 Å². The average molecular weight is 277 g/mol. The van der Waals surface area contributed by atoms with Crippen LogP contribution in [0.2, 0.25) is 0 Å². The van der Waals surface area contributed by atoms with Crippen molar-refractivity contribution in [3.8, 4) is 11.4 Å². The van der Waals surface area contributed by atoms with Crippen LogP contribution in [0.5, 0.6) is 0 Å². The van der Waals surface area contributed by atoms with Gasteiger partial charge in [0.15, 0.2) is 5.82 Å². The maximum atomic E-state index is 13.2. The quantitative estimate of drug-likeness (QED) is 0.863. The lowest BCUT2D eigenvalue weighted by Gasteiger charge is -2.22. The topological polar surface area (TPSA) is 78.9 Å². The fourth-order valence-electron chi connectivity index (χ4n) is 2.36. The normalized spacial score (nSPS) is 19.1. The zero-order valence-corrected chi connectivity index (χ0v) is 11.0. The Hall–Kier alpha value is -2.02. The molecular formula is C13H16FN5O. The summed E-state index contributed by atoms with van der Waals surface area (Å²) >= 11 is 0. The van der Waals surface area contributed by atoms with Gasteiger partial charge in [0.25, 0.3) is 0 Å². The highest BCUT2D eigenvalue weighted by Gasteiger charge is 2.18. The molecule has 1 aromatic carbocycles. The lowest BCUT2D eigenvalue weighted by molar-refractivity contribution is 0.00397. The molecule has 2 aromatic rings. The Balaban J connectivity index is 1.83. The Morgan fingerprint density at radius 3 is 3.05 bits per heavy atom. The van der Waals surface area contributed by atoms with E-state index < -0.39 is 5.82 Å². The highest BCUT2D eigenvalue weighted by atomic mass is 19.1. The van der Waals surface area contributed by atoms with Crippen molar-refractivity contribution in [1.82, 2.24) is 20.2 Å². The van der Waals surface area contributed by atoms with Gasteiger partial charge in [-0.25, -0.2) is 9.07 Å². The van der Waals surface area contributed by atoms with E-state index in [9.17, 15) is 4.39 Å². The van der Waals surface area contributed by atoms with E-state index in [0.29, 0.717) is 17.9 Å². The molecule has 0 radical (unpaired) electrons. The summed E-state index contributed by atoms with van der Waals surface area (Å²) < 4.78 is 20.6. The molecule has 6 nitrogen and oxygen atoms in total. The molecule has 1 fully saturated rings. The van der Waals surface area contributed by atoms with E-state index in [4.69, 9.17) is 10.5 Å². The van der Waals surface area contributed by atoms with Crippen LogP contribution in [0.1, 0.15) is 19.3 Å². The van der Waals surface area contributed by atoms with Gasteiger partial charge in [0.1, 0.15) is 5.82 Å². The van der Waals surface area contributed by atoms with E-state index in [0.717, 1.165) is 25.9 Å². The first-order chi connectivity index (χ1) is 9.74. The number of halogens is 1. The van der Waals surface area contributed by atoms with Crippen molar-refractivity contribution >= 4 is 5.69 Å². The lowest BCUT2D eigenvalue weighted by Crippen LogP contribution is -2.25. The van der Waals surface area contributed by atoms with Crippen molar-refractivity contribution in [2.45, 2.75) is 31.9 Å². The van der Waals surface area contributed by atoms with Crippen LogP contribution in [0.25, 0.3) is 11.4 Å². The second-order valence-corrected chi connectivity index (χ2v) is 4.91. The van der Waals surface area contributed by atoms with Gasteiger partial charge >= 0.3 is 0 Å². The highest BCUT2D eigenvalue weighted by Crippen LogP contribution is 2.22. The van der Waals surface area contributed by atoms with Gasteiger partial charge in [-0.2, -0.15) is 0 Å². The van der Waals surface area contributed by atoms with Crippen molar-refractivity contribution in [2.24, 2.45) is 0 Å². The average Bonchev–Trinajstić information content (AvgIpc) is 2.91. The molecule has 1 unspecified atom stereocenters. The third kappa shape index (κ3) is 2.62. The van der Waals surface area contributed by atoms with Crippen LogP contribution in [0.3, 0.4) is 0 Å². The van der Waals surface area contributed by atoms with Gasteiger partial charge in [-0.15, -0.1) is 5.10 Å². The van der Waals surface area contributed by atoms with Gasteiger partial charge in [-0.05, 0) is 47.9 Å². The zero-order chi connectivity index (χ0) is 13.9. The van der Waals surface area contributed by atoms with E-state index in [2.05, 4.69) is 15.5 Å². The molecule has 0 saturated carbocycles. The summed E-state index contributed by atoms with van der Waals surface area (Å²) in [6, 6.07) is 4.48. The summed E-state index contributed by atoms with van der Waals surface area (Å²) in [4.78, 5) is 0. The van der Waals surface area contributed by atoms with Gasteiger partial charge in [0.2, 0.25) is 0 Å². The zero-order valence-electron chi connectivity index (χ0n) is 11.0. The molecule has 2 heterocycles. The standard InChI is InChI=1S/C13H16FN5O/c14-11-5-4-9(7-12(11)15)13-16-17-18-19(13)8-10-3-1-2-6-20-10/h4-5,7,10H,1-3,6,8,15H2. The Kier molecular flexibility index (Phi) is 3.60. The molecule has 20 heavy (non-hydrogen) atoms. The summed E-state index contributed by atoms with van der Waals surface area (Å²) in [5.41, 5.74) is 6.37. The number of nitrogens with zero attached hydrogens (tertiary/aromatic N) is 4. The molecule has 1 saturated heterocycles. The van der Waals surface area contributed by atoms with Gasteiger partial charge in [-0.3, -0.25) is 0 Å². The van der Waals surface area contributed by atoms with Gasteiger partial charge in [0.05, 0.1) is 18.3 Å². The van der Waals surface area contributed by atoms with Crippen LogP contribution in [-0.2, 0) is 11.3 Å². The number of rotatable bonds is 3. The van der Waals surface area contributed by atoms with Crippen molar-refractivity contribution in [3.05, 3.63) is 24.0 Å². The molecule has 1 aromatic heterocycles. The van der Waals surface area contributed by atoms with Crippen LogP contribution in [0.4, 0.5) is 10.1 Å². The molecule has 0 aliphatic carbocycles. The molecule has 0 spiro atoms. The predicted molar refractivity (Wildman–Crippen MR) is 71.2 cm³/mol. The smallest absolute Gasteiger partial charge is 0.182 e. The SMILES string of the molecule is Nc1cc(-c2nnnn2CC2CCCCO2)ccc1F. The molecular weight excluding hydrogens is 261 g/mol. The summed E-state index contributed by atoms with van der Waals surface area (Å²) in [6.07, 6.45) is 3.40. The van der Waals surface area contributed by atoms with Crippen LogP contribution >= 0.6 is 0 Å². The van der Waals surface area contributed by atoms with Gasteiger partial charge in [0, 0.05) is 12.2 Å². The third-order valence-electron chi connectivity index (χ3n) is 3.44. The fraction of sp³-hybridized carbons (Fsp3) is 0.462. The molecule has 2 N–H and O–H groups in total. The number of aromatic nitrogens is 4. The van der Waals surface area contributed by atoms with Crippen molar-refractivity contribution in [1.29, 1.82) is 0 Å². The summed E-state index contributed by atoms with van der Waals surface area (Å²) in [7, 11) is 0. The number of nitrogen functional groups attached to an aromatic ring is 1. The Morgan fingerprint density at radius 2 is 2.30 bits per heavy atom. The van der Waals surface area contributed by atoms with E-state index in [1.54, 1.807) is 16.8 Å². The minimum atomic E-state index is -0.441. The molecule has 7 heteroatoms. The van der Waals surface area contributed by atoms with Crippen LogP contribution < -0.4 is 5.73 Å². The number of nitrogens with two attached hydrogens (primary N) is 1. The molecule has 1 aliphatic rings. The monoisotopic (exact) mass is 277 g/mol. The first-order valence-electron chi connectivity index (χ1n) is 6.67. The van der Waals surface area contributed by atoms with Crippen molar-refractivity contribution in [2.75, 3.05) is 12.3 Å².